The number of para-hydroxylation sites is 1. The van der Waals surface area contributed by atoms with Crippen LogP contribution in [0.25, 0.3) is 0 Å². The predicted molar refractivity (Wildman–Crippen MR) is 98.7 cm³/mol. The smallest absolute Gasteiger partial charge is 0.254 e. The SMILES string of the molecule is COc1ccccc1C[C@@H](C)NC(=O)c1cnc(N2CCOCC2)nc1. The van der Waals surface area contributed by atoms with Gasteiger partial charge in [0.1, 0.15) is 5.75 Å². The van der Waals surface area contributed by atoms with Gasteiger partial charge < -0.3 is 19.7 Å². The normalized spacial score (nSPS) is 15.4. The maximum Gasteiger partial charge on any atom is 0.254 e. The van der Waals surface area contributed by atoms with E-state index in [2.05, 4.69) is 20.2 Å². The van der Waals surface area contributed by atoms with Crippen LogP contribution in [0.3, 0.4) is 0 Å². The summed E-state index contributed by atoms with van der Waals surface area (Å²) in [6.45, 7) is 4.84. The Morgan fingerprint density at radius 2 is 1.96 bits per heavy atom. The summed E-state index contributed by atoms with van der Waals surface area (Å²) in [6, 6.07) is 7.77. The molecule has 0 unspecified atom stereocenters. The molecule has 1 saturated heterocycles. The third-order valence-corrected chi connectivity index (χ3v) is 4.29. The van der Waals surface area contributed by atoms with Gasteiger partial charge >= 0.3 is 0 Å². The van der Waals surface area contributed by atoms with Gasteiger partial charge in [-0.2, -0.15) is 0 Å². The van der Waals surface area contributed by atoms with Crippen molar-refractivity contribution in [1.82, 2.24) is 15.3 Å². The Morgan fingerprint density at radius 1 is 1.27 bits per heavy atom. The lowest BCUT2D eigenvalue weighted by molar-refractivity contribution is 0.0939. The highest BCUT2D eigenvalue weighted by Crippen LogP contribution is 2.19. The second-order valence-corrected chi connectivity index (χ2v) is 6.26. The van der Waals surface area contributed by atoms with Gasteiger partial charge in [-0.3, -0.25) is 4.79 Å². The largest absolute Gasteiger partial charge is 0.496 e. The fourth-order valence-corrected chi connectivity index (χ4v) is 2.92. The summed E-state index contributed by atoms with van der Waals surface area (Å²) in [4.78, 5) is 23.1. The van der Waals surface area contributed by atoms with Crippen LogP contribution in [0.15, 0.2) is 36.7 Å². The number of morpholine rings is 1. The van der Waals surface area contributed by atoms with E-state index in [1.165, 1.54) is 0 Å². The van der Waals surface area contributed by atoms with Crippen LogP contribution >= 0.6 is 0 Å². The Kier molecular flexibility index (Phi) is 6.01. The van der Waals surface area contributed by atoms with E-state index in [0.717, 1.165) is 24.4 Å². The molecular weight excluding hydrogens is 332 g/mol. The summed E-state index contributed by atoms with van der Waals surface area (Å²) in [5, 5.41) is 2.99. The molecule has 0 aliphatic carbocycles. The average molecular weight is 356 g/mol. The van der Waals surface area contributed by atoms with Gasteiger partial charge in [0.15, 0.2) is 0 Å². The highest BCUT2D eigenvalue weighted by atomic mass is 16.5. The number of hydrogen-bond acceptors (Lipinski definition) is 6. The van der Waals surface area contributed by atoms with Crippen LogP contribution in [0, 0.1) is 0 Å². The molecule has 1 aromatic heterocycles. The molecule has 0 radical (unpaired) electrons. The van der Waals surface area contributed by atoms with E-state index in [1.54, 1.807) is 19.5 Å². The molecule has 1 aromatic carbocycles. The number of rotatable bonds is 6. The number of nitrogens with zero attached hydrogens (tertiary/aromatic N) is 3. The molecule has 2 aromatic rings. The lowest BCUT2D eigenvalue weighted by atomic mass is 10.1. The summed E-state index contributed by atoms with van der Waals surface area (Å²) in [5.41, 5.74) is 1.51. The van der Waals surface area contributed by atoms with Crippen molar-refractivity contribution >= 4 is 11.9 Å². The van der Waals surface area contributed by atoms with Gasteiger partial charge in [-0.15, -0.1) is 0 Å². The quantitative estimate of drug-likeness (QED) is 0.849. The average Bonchev–Trinajstić information content (AvgIpc) is 2.69. The summed E-state index contributed by atoms with van der Waals surface area (Å²) >= 11 is 0. The van der Waals surface area contributed by atoms with E-state index in [0.29, 0.717) is 31.1 Å². The zero-order chi connectivity index (χ0) is 18.4. The van der Waals surface area contributed by atoms with Gasteiger partial charge in [-0.25, -0.2) is 9.97 Å². The molecule has 0 saturated carbocycles. The van der Waals surface area contributed by atoms with Gasteiger partial charge in [0.2, 0.25) is 5.95 Å². The van der Waals surface area contributed by atoms with Crippen LogP contribution < -0.4 is 15.0 Å². The predicted octanol–water partition coefficient (Wildman–Crippen LogP) is 1.68. The third kappa shape index (κ3) is 4.49. The molecular formula is C19H24N4O3. The Bertz CT molecular complexity index is 730. The number of methoxy groups -OCH3 is 1. The van der Waals surface area contributed by atoms with Crippen molar-refractivity contribution in [1.29, 1.82) is 0 Å². The summed E-state index contributed by atoms with van der Waals surface area (Å²) < 4.78 is 10.7. The van der Waals surface area contributed by atoms with E-state index >= 15 is 0 Å². The van der Waals surface area contributed by atoms with Gasteiger partial charge in [-0.1, -0.05) is 18.2 Å². The molecule has 0 bridgehead atoms. The Balaban J connectivity index is 1.58. The van der Waals surface area contributed by atoms with Gasteiger partial charge in [-0.05, 0) is 25.0 Å². The van der Waals surface area contributed by atoms with Crippen molar-refractivity contribution in [3.8, 4) is 5.75 Å². The number of hydrogen-bond donors (Lipinski definition) is 1. The van der Waals surface area contributed by atoms with Crippen molar-refractivity contribution < 1.29 is 14.3 Å². The van der Waals surface area contributed by atoms with Crippen LogP contribution in [-0.2, 0) is 11.2 Å². The van der Waals surface area contributed by atoms with E-state index in [1.807, 2.05) is 31.2 Å². The van der Waals surface area contributed by atoms with Crippen LogP contribution in [0.2, 0.25) is 0 Å². The molecule has 7 nitrogen and oxygen atoms in total. The summed E-state index contributed by atoms with van der Waals surface area (Å²) in [6.07, 6.45) is 3.83. The maximum atomic E-state index is 12.4. The zero-order valence-electron chi connectivity index (χ0n) is 15.1. The number of carbonyl (C=O) groups excluding carboxylic acids is 1. The lowest BCUT2D eigenvalue weighted by Gasteiger charge is -2.26. The van der Waals surface area contributed by atoms with Gasteiger partial charge in [0.25, 0.3) is 5.91 Å². The molecule has 1 aliphatic rings. The topological polar surface area (TPSA) is 76.6 Å². The number of amides is 1. The van der Waals surface area contributed by atoms with Crippen LogP contribution in [-0.4, -0.2) is 55.3 Å². The molecule has 1 aliphatic heterocycles. The third-order valence-electron chi connectivity index (χ3n) is 4.29. The molecule has 138 valence electrons. The highest BCUT2D eigenvalue weighted by Gasteiger charge is 2.16. The minimum atomic E-state index is -0.180. The molecule has 1 fully saturated rings. The second-order valence-electron chi connectivity index (χ2n) is 6.26. The first kappa shape index (κ1) is 18.1. The van der Waals surface area contributed by atoms with Crippen molar-refractivity contribution in [3.05, 3.63) is 47.8 Å². The van der Waals surface area contributed by atoms with Crippen molar-refractivity contribution in [2.75, 3.05) is 38.3 Å². The molecule has 0 spiro atoms. The lowest BCUT2D eigenvalue weighted by Crippen LogP contribution is -2.37. The second kappa shape index (κ2) is 8.62. The van der Waals surface area contributed by atoms with E-state index in [9.17, 15) is 4.79 Å². The maximum absolute atomic E-state index is 12.4. The van der Waals surface area contributed by atoms with Crippen LogP contribution in [0.4, 0.5) is 5.95 Å². The van der Waals surface area contributed by atoms with Crippen molar-refractivity contribution in [3.63, 3.8) is 0 Å². The fourth-order valence-electron chi connectivity index (χ4n) is 2.92. The number of aromatic nitrogens is 2. The molecule has 1 atom stereocenters. The molecule has 26 heavy (non-hydrogen) atoms. The first-order valence-electron chi connectivity index (χ1n) is 8.75. The zero-order valence-corrected chi connectivity index (χ0v) is 15.1. The van der Waals surface area contributed by atoms with E-state index in [-0.39, 0.29) is 11.9 Å². The van der Waals surface area contributed by atoms with E-state index in [4.69, 9.17) is 9.47 Å². The number of benzene rings is 1. The Labute approximate surface area is 153 Å². The number of carbonyl (C=O) groups is 1. The number of nitrogens with one attached hydrogen (secondary N) is 1. The standard InChI is InChI=1S/C19H24N4O3/c1-14(11-15-5-3-4-6-17(15)25-2)22-18(24)16-12-20-19(21-13-16)23-7-9-26-10-8-23/h3-6,12-14H,7-11H2,1-2H3,(H,22,24)/t14-/m1/s1. The fraction of sp³-hybridized carbons (Fsp3) is 0.421. The Morgan fingerprint density at radius 3 is 2.65 bits per heavy atom. The molecule has 1 N–H and O–H groups in total. The number of ether oxygens (including phenoxy) is 2. The first-order chi connectivity index (χ1) is 12.7. The van der Waals surface area contributed by atoms with Crippen LogP contribution in [0.5, 0.6) is 5.75 Å². The molecule has 2 heterocycles. The van der Waals surface area contributed by atoms with E-state index < -0.39 is 0 Å². The number of anilines is 1. The molecule has 3 rings (SSSR count). The monoisotopic (exact) mass is 356 g/mol. The first-order valence-corrected chi connectivity index (χ1v) is 8.75. The Hall–Kier alpha value is -2.67. The molecule has 7 heteroatoms. The summed E-state index contributed by atoms with van der Waals surface area (Å²) in [5.74, 6) is 1.28. The minimum Gasteiger partial charge on any atom is -0.496 e. The van der Waals surface area contributed by atoms with Gasteiger partial charge in [0.05, 0.1) is 25.9 Å². The minimum absolute atomic E-state index is 0.0438. The summed E-state index contributed by atoms with van der Waals surface area (Å²) in [7, 11) is 1.65. The highest BCUT2D eigenvalue weighted by molar-refractivity contribution is 5.93. The van der Waals surface area contributed by atoms with Crippen LogP contribution in [0.1, 0.15) is 22.8 Å². The molecule has 1 amide bonds. The van der Waals surface area contributed by atoms with Crippen molar-refractivity contribution in [2.24, 2.45) is 0 Å². The van der Waals surface area contributed by atoms with Gasteiger partial charge in [0, 0.05) is 31.5 Å². The van der Waals surface area contributed by atoms with Crippen molar-refractivity contribution in [2.45, 2.75) is 19.4 Å².